The molecule has 0 aliphatic rings. The van der Waals surface area contributed by atoms with E-state index in [0.29, 0.717) is 12.3 Å². The average Bonchev–Trinajstić information content (AvgIpc) is 3.24. The molecule has 156 valence electrons. The van der Waals surface area contributed by atoms with E-state index < -0.39 is 0 Å². The highest BCUT2D eigenvalue weighted by molar-refractivity contribution is 5.77. The summed E-state index contributed by atoms with van der Waals surface area (Å²) in [5.74, 6) is -0.548. The molecule has 0 fully saturated rings. The van der Waals surface area contributed by atoms with Gasteiger partial charge >= 0.3 is 0 Å². The Kier molecular flexibility index (Phi) is 6.44. The van der Waals surface area contributed by atoms with Gasteiger partial charge < -0.3 is 10.1 Å². The van der Waals surface area contributed by atoms with Gasteiger partial charge in [-0.05, 0) is 48.0 Å². The fraction of sp³-hybridized carbons (Fsp3) is 0.125. The normalized spacial score (nSPS) is 10.7. The molecular formula is C24H21FN4O2. The van der Waals surface area contributed by atoms with Crippen LogP contribution in [0.15, 0.2) is 85.3 Å². The highest BCUT2D eigenvalue weighted by Gasteiger charge is 2.14. The Labute approximate surface area is 179 Å². The van der Waals surface area contributed by atoms with Crippen LogP contribution in [0.3, 0.4) is 0 Å². The molecule has 31 heavy (non-hydrogen) atoms. The maximum Gasteiger partial charge on any atom is 0.246 e. The van der Waals surface area contributed by atoms with Gasteiger partial charge in [0.1, 0.15) is 12.4 Å². The number of pyridine rings is 1. The first-order chi connectivity index (χ1) is 15.2. The highest BCUT2D eigenvalue weighted by atomic mass is 19.1. The second-order valence-corrected chi connectivity index (χ2v) is 6.92. The topological polar surface area (TPSA) is 69.0 Å². The molecule has 1 N–H and O–H groups in total. The van der Waals surface area contributed by atoms with E-state index in [-0.39, 0.29) is 24.9 Å². The molecule has 4 rings (SSSR count). The van der Waals surface area contributed by atoms with Crippen LogP contribution in [0.25, 0.3) is 16.9 Å². The molecule has 0 atom stereocenters. The van der Waals surface area contributed by atoms with Crippen LogP contribution in [0.2, 0.25) is 0 Å². The minimum atomic E-state index is -0.313. The van der Waals surface area contributed by atoms with Crippen LogP contribution in [0.5, 0.6) is 0 Å². The SMILES string of the molecule is O=C(COCc1cccnc1)NCc1cn(-c2ccccc2)nc1-c1ccc(F)cc1. The molecule has 0 aliphatic heterocycles. The van der Waals surface area contributed by atoms with Crippen LogP contribution in [0.4, 0.5) is 4.39 Å². The summed E-state index contributed by atoms with van der Waals surface area (Å²) in [6.07, 6.45) is 5.25. The second kappa shape index (κ2) is 9.77. The largest absolute Gasteiger partial charge is 0.367 e. The Hall–Kier alpha value is -3.84. The van der Waals surface area contributed by atoms with Gasteiger partial charge in [-0.15, -0.1) is 0 Å². The molecule has 2 aromatic carbocycles. The van der Waals surface area contributed by atoms with Gasteiger partial charge in [-0.3, -0.25) is 9.78 Å². The molecule has 7 heteroatoms. The van der Waals surface area contributed by atoms with Crippen molar-refractivity contribution in [2.45, 2.75) is 13.2 Å². The van der Waals surface area contributed by atoms with Gasteiger partial charge in [0.25, 0.3) is 0 Å². The van der Waals surface area contributed by atoms with Crippen molar-refractivity contribution >= 4 is 5.91 Å². The summed E-state index contributed by atoms with van der Waals surface area (Å²) in [5.41, 5.74) is 4.06. The number of amides is 1. The van der Waals surface area contributed by atoms with Crippen molar-refractivity contribution in [3.05, 3.63) is 102 Å². The number of benzene rings is 2. The summed E-state index contributed by atoms with van der Waals surface area (Å²) >= 11 is 0. The molecule has 0 radical (unpaired) electrons. The minimum Gasteiger partial charge on any atom is -0.367 e. The first-order valence-electron chi connectivity index (χ1n) is 9.82. The number of aromatic nitrogens is 3. The lowest BCUT2D eigenvalue weighted by atomic mass is 10.1. The molecule has 0 spiro atoms. The van der Waals surface area contributed by atoms with Gasteiger partial charge in [0.15, 0.2) is 0 Å². The first-order valence-corrected chi connectivity index (χ1v) is 9.82. The highest BCUT2D eigenvalue weighted by Crippen LogP contribution is 2.24. The van der Waals surface area contributed by atoms with Crippen molar-refractivity contribution in [2.75, 3.05) is 6.61 Å². The summed E-state index contributed by atoms with van der Waals surface area (Å²) < 4.78 is 20.6. The summed E-state index contributed by atoms with van der Waals surface area (Å²) in [5, 5.41) is 7.53. The van der Waals surface area contributed by atoms with Crippen molar-refractivity contribution in [2.24, 2.45) is 0 Å². The van der Waals surface area contributed by atoms with Crippen LogP contribution in [0.1, 0.15) is 11.1 Å². The number of nitrogens with zero attached hydrogens (tertiary/aromatic N) is 3. The van der Waals surface area contributed by atoms with Gasteiger partial charge in [0.2, 0.25) is 5.91 Å². The molecule has 0 saturated heterocycles. The number of hydrogen-bond acceptors (Lipinski definition) is 4. The van der Waals surface area contributed by atoms with Crippen LogP contribution < -0.4 is 5.32 Å². The Morgan fingerprint density at radius 1 is 1.03 bits per heavy atom. The van der Waals surface area contributed by atoms with E-state index in [9.17, 15) is 9.18 Å². The molecule has 0 unspecified atom stereocenters. The van der Waals surface area contributed by atoms with E-state index in [1.807, 2.05) is 48.7 Å². The average molecular weight is 416 g/mol. The number of carbonyl (C=O) groups excluding carboxylic acids is 1. The van der Waals surface area contributed by atoms with Crippen molar-refractivity contribution in [1.29, 1.82) is 0 Å². The Bertz CT molecular complexity index is 1130. The van der Waals surface area contributed by atoms with Crippen molar-refractivity contribution in [1.82, 2.24) is 20.1 Å². The van der Waals surface area contributed by atoms with Gasteiger partial charge in [-0.25, -0.2) is 9.07 Å². The smallest absolute Gasteiger partial charge is 0.246 e. The molecule has 4 aromatic rings. The Balaban J connectivity index is 1.45. The zero-order valence-electron chi connectivity index (χ0n) is 16.7. The molecule has 2 aromatic heterocycles. The van der Waals surface area contributed by atoms with Crippen molar-refractivity contribution in [3.8, 4) is 16.9 Å². The van der Waals surface area contributed by atoms with E-state index in [4.69, 9.17) is 4.74 Å². The first kappa shape index (κ1) is 20.4. The van der Waals surface area contributed by atoms with Gasteiger partial charge in [0, 0.05) is 36.3 Å². The number of hydrogen-bond donors (Lipinski definition) is 1. The molecule has 2 heterocycles. The van der Waals surface area contributed by atoms with Crippen molar-refractivity contribution in [3.63, 3.8) is 0 Å². The fourth-order valence-corrected chi connectivity index (χ4v) is 3.09. The van der Waals surface area contributed by atoms with Crippen molar-refractivity contribution < 1.29 is 13.9 Å². The molecule has 0 saturated carbocycles. The van der Waals surface area contributed by atoms with Crippen LogP contribution >= 0.6 is 0 Å². The molecule has 0 aliphatic carbocycles. The fourth-order valence-electron chi connectivity index (χ4n) is 3.09. The van der Waals surface area contributed by atoms with Gasteiger partial charge in [-0.2, -0.15) is 5.10 Å². The predicted octanol–water partition coefficient (Wildman–Crippen LogP) is 3.91. The van der Waals surface area contributed by atoms with Crippen LogP contribution in [-0.2, 0) is 22.7 Å². The molecular weight excluding hydrogens is 395 g/mol. The number of para-hydroxylation sites is 1. The summed E-state index contributed by atoms with van der Waals surface area (Å²) in [4.78, 5) is 16.3. The lowest BCUT2D eigenvalue weighted by Gasteiger charge is -2.07. The monoisotopic (exact) mass is 416 g/mol. The second-order valence-electron chi connectivity index (χ2n) is 6.92. The van der Waals surface area contributed by atoms with E-state index in [1.165, 1.54) is 12.1 Å². The van der Waals surface area contributed by atoms with Crippen LogP contribution in [-0.4, -0.2) is 27.3 Å². The number of nitrogens with one attached hydrogen (secondary N) is 1. The zero-order chi connectivity index (χ0) is 21.5. The van der Waals surface area contributed by atoms with E-state index in [0.717, 1.165) is 22.4 Å². The quantitative estimate of drug-likeness (QED) is 0.473. The number of halogens is 1. The lowest BCUT2D eigenvalue weighted by molar-refractivity contribution is -0.126. The summed E-state index contributed by atoms with van der Waals surface area (Å²) in [6, 6.07) is 19.5. The van der Waals surface area contributed by atoms with Crippen LogP contribution in [0, 0.1) is 5.82 Å². The molecule has 1 amide bonds. The Morgan fingerprint density at radius 2 is 1.84 bits per heavy atom. The minimum absolute atomic E-state index is 0.0619. The lowest BCUT2D eigenvalue weighted by Crippen LogP contribution is -2.27. The molecule has 0 bridgehead atoms. The predicted molar refractivity (Wildman–Crippen MR) is 115 cm³/mol. The molecule has 6 nitrogen and oxygen atoms in total. The third kappa shape index (κ3) is 5.40. The number of carbonyl (C=O) groups is 1. The zero-order valence-corrected chi connectivity index (χ0v) is 16.7. The summed E-state index contributed by atoms with van der Waals surface area (Å²) in [6.45, 7) is 0.524. The maximum absolute atomic E-state index is 13.4. The van der Waals surface area contributed by atoms with E-state index in [1.54, 1.807) is 29.2 Å². The Morgan fingerprint density at radius 3 is 2.58 bits per heavy atom. The standard InChI is InChI=1S/C24H21FN4O2/c25-21-10-8-19(9-11-21)24-20(15-29(28-24)22-6-2-1-3-7-22)14-27-23(30)17-31-16-18-5-4-12-26-13-18/h1-13,15H,14,16-17H2,(H,27,30). The maximum atomic E-state index is 13.4. The third-order valence-electron chi connectivity index (χ3n) is 4.63. The summed E-state index contributed by atoms with van der Waals surface area (Å²) in [7, 11) is 0. The third-order valence-corrected chi connectivity index (χ3v) is 4.63. The van der Waals surface area contributed by atoms with Gasteiger partial charge in [0.05, 0.1) is 18.0 Å². The van der Waals surface area contributed by atoms with E-state index in [2.05, 4.69) is 15.4 Å². The van der Waals surface area contributed by atoms with Gasteiger partial charge in [-0.1, -0.05) is 24.3 Å². The number of rotatable bonds is 8. The number of ether oxygens (including phenoxy) is 1. The van der Waals surface area contributed by atoms with E-state index >= 15 is 0 Å².